The van der Waals surface area contributed by atoms with Crippen molar-refractivity contribution in [3.05, 3.63) is 50.4 Å². The van der Waals surface area contributed by atoms with Crippen molar-refractivity contribution in [2.45, 2.75) is 6.54 Å². The third-order valence-electron chi connectivity index (χ3n) is 2.01. The van der Waals surface area contributed by atoms with Crippen LogP contribution in [0.1, 0.15) is 4.88 Å². The third-order valence-corrected chi connectivity index (χ3v) is 3.56. The van der Waals surface area contributed by atoms with Crippen LogP contribution in [-0.4, -0.2) is 0 Å². The summed E-state index contributed by atoms with van der Waals surface area (Å²) in [4.78, 5) is 1.10. The van der Waals surface area contributed by atoms with E-state index in [2.05, 4.69) is 5.32 Å². The minimum atomic E-state index is -0.338. The van der Waals surface area contributed by atoms with Crippen LogP contribution in [0.3, 0.4) is 0 Å². The van der Waals surface area contributed by atoms with E-state index in [1.807, 2.05) is 12.1 Å². The first-order chi connectivity index (χ1) is 7.65. The Morgan fingerprint density at radius 2 is 2.00 bits per heavy atom. The molecule has 5 heteroatoms. The first-order valence-electron chi connectivity index (χ1n) is 4.58. The molecule has 0 radical (unpaired) electrons. The van der Waals surface area contributed by atoms with Crippen LogP contribution in [0, 0.1) is 5.82 Å². The number of anilines is 1. The van der Waals surface area contributed by atoms with Gasteiger partial charge in [-0.15, -0.1) is 11.3 Å². The molecule has 1 aromatic carbocycles. The Morgan fingerprint density at radius 1 is 1.19 bits per heavy atom. The molecule has 16 heavy (non-hydrogen) atoms. The van der Waals surface area contributed by atoms with E-state index < -0.39 is 0 Å². The standard InChI is InChI=1S/C11H8Cl2FNS/c12-9-5-7(14)1-3-10(9)15-6-8-2-4-11(13)16-8/h1-5,15H,6H2. The number of halogens is 3. The van der Waals surface area contributed by atoms with Gasteiger partial charge in [0.2, 0.25) is 0 Å². The molecule has 0 fully saturated rings. The van der Waals surface area contributed by atoms with Crippen molar-refractivity contribution in [3.63, 3.8) is 0 Å². The Balaban J connectivity index is 2.04. The second-order valence-electron chi connectivity index (χ2n) is 3.18. The fourth-order valence-corrected chi connectivity index (χ4v) is 2.52. The van der Waals surface area contributed by atoms with Crippen LogP contribution in [0.15, 0.2) is 30.3 Å². The highest BCUT2D eigenvalue weighted by Gasteiger charge is 2.02. The minimum Gasteiger partial charge on any atom is -0.379 e. The largest absolute Gasteiger partial charge is 0.379 e. The van der Waals surface area contributed by atoms with Crippen LogP contribution in [0.5, 0.6) is 0 Å². The lowest BCUT2D eigenvalue weighted by Gasteiger charge is -2.06. The number of rotatable bonds is 3. The Labute approximate surface area is 107 Å². The molecule has 0 aliphatic heterocycles. The summed E-state index contributed by atoms with van der Waals surface area (Å²) in [5, 5.41) is 3.50. The number of hydrogen-bond acceptors (Lipinski definition) is 2. The molecule has 0 aliphatic carbocycles. The van der Waals surface area contributed by atoms with E-state index in [4.69, 9.17) is 23.2 Å². The molecule has 0 spiro atoms. The van der Waals surface area contributed by atoms with E-state index in [9.17, 15) is 4.39 Å². The van der Waals surface area contributed by atoms with Crippen molar-refractivity contribution in [3.8, 4) is 0 Å². The summed E-state index contributed by atoms with van der Waals surface area (Å²) in [6.07, 6.45) is 0. The predicted molar refractivity (Wildman–Crippen MR) is 68.1 cm³/mol. The molecule has 2 rings (SSSR count). The Hall–Kier alpha value is -0.770. The molecular formula is C11H8Cl2FNS. The van der Waals surface area contributed by atoms with Crippen LogP contribution in [-0.2, 0) is 6.54 Å². The normalized spacial score (nSPS) is 10.4. The van der Waals surface area contributed by atoms with Gasteiger partial charge in [-0.2, -0.15) is 0 Å². The zero-order chi connectivity index (χ0) is 11.5. The molecule has 84 valence electrons. The number of hydrogen-bond donors (Lipinski definition) is 1. The van der Waals surface area contributed by atoms with Gasteiger partial charge in [0.15, 0.2) is 0 Å². The van der Waals surface area contributed by atoms with Crippen LogP contribution in [0.4, 0.5) is 10.1 Å². The molecule has 0 amide bonds. The maximum absolute atomic E-state index is 12.8. The molecule has 0 saturated carbocycles. The van der Waals surface area contributed by atoms with Gasteiger partial charge in [-0.1, -0.05) is 23.2 Å². The van der Waals surface area contributed by atoms with Crippen molar-refractivity contribution in [1.82, 2.24) is 0 Å². The third kappa shape index (κ3) is 2.88. The van der Waals surface area contributed by atoms with Gasteiger partial charge in [0, 0.05) is 11.4 Å². The van der Waals surface area contributed by atoms with Crippen molar-refractivity contribution in [2.75, 3.05) is 5.32 Å². The van der Waals surface area contributed by atoms with Crippen molar-refractivity contribution < 1.29 is 4.39 Å². The summed E-state index contributed by atoms with van der Waals surface area (Å²) in [6, 6.07) is 8.06. The molecule has 0 bridgehead atoms. The molecule has 0 aliphatic rings. The second-order valence-corrected chi connectivity index (χ2v) is 5.39. The minimum absolute atomic E-state index is 0.338. The number of nitrogens with one attached hydrogen (secondary N) is 1. The van der Waals surface area contributed by atoms with Crippen LogP contribution >= 0.6 is 34.5 Å². The lowest BCUT2D eigenvalue weighted by atomic mass is 10.3. The van der Waals surface area contributed by atoms with Crippen LogP contribution < -0.4 is 5.32 Å². The van der Waals surface area contributed by atoms with Gasteiger partial charge in [-0.3, -0.25) is 0 Å². The number of benzene rings is 1. The summed E-state index contributed by atoms with van der Waals surface area (Å²) in [7, 11) is 0. The van der Waals surface area contributed by atoms with E-state index >= 15 is 0 Å². The van der Waals surface area contributed by atoms with Crippen molar-refractivity contribution in [1.29, 1.82) is 0 Å². The fraction of sp³-hybridized carbons (Fsp3) is 0.0909. The van der Waals surface area contributed by atoms with Gasteiger partial charge in [0.05, 0.1) is 15.0 Å². The van der Waals surface area contributed by atoms with Crippen molar-refractivity contribution >= 4 is 40.2 Å². The van der Waals surface area contributed by atoms with E-state index in [1.54, 1.807) is 6.07 Å². The molecular weight excluding hydrogens is 268 g/mol. The highest BCUT2D eigenvalue weighted by molar-refractivity contribution is 7.16. The topological polar surface area (TPSA) is 12.0 Å². The average molecular weight is 276 g/mol. The molecule has 1 N–H and O–H groups in total. The summed E-state index contributed by atoms with van der Waals surface area (Å²) < 4.78 is 13.5. The van der Waals surface area contributed by atoms with E-state index in [0.717, 1.165) is 9.21 Å². The number of thiophene rings is 1. The van der Waals surface area contributed by atoms with Gasteiger partial charge in [-0.05, 0) is 30.3 Å². The smallest absolute Gasteiger partial charge is 0.124 e. The Kier molecular flexibility index (Phi) is 3.69. The van der Waals surface area contributed by atoms with Crippen molar-refractivity contribution in [2.24, 2.45) is 0 Å². The molecule has 1 nitrogen and oxygen atoms in total. The average Bonchev–Trinajstić information content (AvgIpc) is 2.63. The SMILES string of the molecule is Fc1ccc(NCc2ccc(Cl)s2)c(Cl)c1. The van der Waals surface area contributed by atoms with Crippen LogP contribution in [0.2, 0.25) is 9.36 Å². The zero-order valence-electron chi connectivity index (χ0n) is 8.14. The highest BCUT2D eigenvalue weighted by Crippen LogP contribution is 2.25. The zero-order valence-corrected chi connectivity index (χ0v) is 10.5. The summed E-state index contributed by atoms with van der Waals surface area (Å²) in [5.41, 5.74) is 0.715. The molecule has 0 atom stereocenters. The highest BCUT2D eigenvalue weighted by atomic mass is 35.5. The summed E-state index contributed by atoms with van der Waals surface area (Å²) in [5.74, 6) is -0.338. The lowest BCUT2D eigenvalue weighted by molar-refractivity contribution is 0.628. The van der Waals surface area contributed by atoms with Gasteiger partial charge in [0.1, 0.15) is 5.82 Å². The van der Waals surface area contributed by atoms with Gasteiger partial charge in [-0.25, -0.2) is 4.39 Å². The lowest BCUT2D eigenvalue weighted by Crippen LogP contribution is -1.98. The van der Waals surface area contributed by atoms with E-state index in [0.29, 0.717) is 17.3 Å². The molecule has 0 unspecified atom stereocenters. The molecule has 0 saturated heterocycles. The van der Waals surface area contributed by atoms with Gasteiger partial charge < -0.3 is 5.32 Å². The van der Waals surface area contributed by atoms with E-state index in [1.165, 1.54) is 23.5 Å². The first-order valence-corrected chi connectivity index (χ1v) is 6.15. The first kappa shape index (κ1) is 11.7. The molecule has 1 aromatic heterocycles. The summed E-state index contributed by atoms with van der Waals surface area (Å²) in [6.45, 7) is 0.628. The Morgan fingerprint density at radius 3 is 2.62 bits per heavy atom. The summed E-state index contributed by atoms with van der Waals surface area (Å²) >= 11 is 13.2. The second kappa shape index (κ2) is 5.04. The van der Waals surface area contributed by atoms with Crippen LogP contribution in [0.25, 0.3) is 0 Å². The fourth-order valence-electron chi connectivity index (χ4n) is 1.26. The Bertz CT molecular complexity index is 498. The maximum atomic E-state index is 12.8. The van der Waals surface area contributed by atoms with Gasteiger partial charge in [0.25, 0.3) is 0 Å². The maximum Gasteiger partial charge on any atom is 0.124 e. The van der Waals surface area contributed by atoms with E-state index in [-0.39, 0.29) is 5.82 Å². The quantitative estimate of drug-likeness (QED) is 0.848. The molecule has 2 aromatic rings. The monoisotopic (exact) mass is 275 g/mol. The van der Waals surface area contributed by atoms with Gasteiger partial charge >= 0.3 is 0 Å². The predicted octanol–water partition coefficient (Wildman–Crippen LogP) is 4.81. The molecule has 1 heterocycles.